The maximum absolute atomic E-state index is 12.1. The number of benzene rings is 1. The number of aryl methyl sites for hydroxylation is 2. The first-order valence-corrected chi connectivity index (χ1v) is 10.1. The van der Waals surface area contributed by atoms with Crippen molar-refractivity contribution in [3.63, 3.8) is 0 Å². The number of thioether (sulfide) groups is 1. The van der Waals surface area contributed by atoms with E-state index < -0.39 is 0 Å². The van der Waals surface area contributed by atoms with E-state index in [1.807, 2.05) is 49.6 Å². The lowest BCUT2D eigenvalue weighted by molar-refractivity contribution is -0.118. The van der Waals surface area contributed by atoms with Gasteiger partial charge in [0.15, 0.2) is 16.7 Å². The van der Waals surface area contributed by atoms with Crippen molar-refractivity contribution in [1.29, 1.82) is 0 Å². The van der Waals surface area contributed by atoms with Crippen LogP contribution in [0.1, 0.15) is 18.1 Å². The SMILES string of the molecule is CCn1c(SCC(=O)NCCOc2ccc(C)cc2C)nnc1-c1ccco1. The van der Waals surface area contributed by atoms with Gasteiger partial charge in [-0.25, -0.2) is 0 Å². The summed E-state index contributed by atoms with van der Waals surface area (Å²) in [4.78, 5) is 12.1. The molecule has 3 aromatic rings. The largest absolute Gasteiger partial charge is 0.491 e. The smallest absolute Gasteiger partial charge is 0.230 e. The molecule has 0 aliphatic carbocycles. The minimum absolute atomic E-state index is 0.0700. The Labute approximate surface area is 168 Å². The molecule has 2 heterocycles. The van der Waals surface area contributed by atoms with Gasteiger partial charge in [0.25, 0.3) is 0 Å². The quantitative estimate of drug-likeness (QED) is 0.438. The van der Waals surface area contributed by atoms with E-state index in [4.69, 9.17) is 9.15 Å². The Balaban J connectivity index is 1.44. The fourth-order valence-corrected chi connectivity index (χ4v) is 3.59. The van der Waals surface area contributed by atoms with Crippen LogP contribution in [0.3, 0.4) is 0 Å². The molecule has 0 unspecified atom stereocenters. The molecular weight excluding hydrogens is 376 g/mol. The summed E-state index contributed by atoms with van der Waals surface area (Å²) in [6.07, 6.45) is 1.60. The summed E-state index contributed by atoms with van der Waals surface area (Å²) in [5.74, 6) is 2.36. The van der Waals surface area contributed by atoms with Crippen molar-refractivity contribution in [3.8, 4) is 17.3 Å². The molecule has 0 radical (unpaired) electrons. The van der Waals surface area contributed by atoms with E-state index in [9.17, 15) is 4.79 Å². The molecule has 1 amide bonds. The number of rotatable bonds is 9. The number of aromatic nitrogens is 3. The van der Waals surface area contributed by atoms with Crippen LogP contribution in [0.25, 0.3) is 11.6 Å². The Kier molecular flexibility index (Phi) is 6.76. The van der Waals surface area contributed by atoms with E-state index >= 15 is 0 Å². The van der Waals surface area contributed by atoms with Crippen molar-refractivity contribution in [2.75, 3.05) is 18.9 Å². The summed E-state index contributed by atoms with van der Waals surface area (Å²) in [5.41, 5.74) is 2.29. The molecule has 3 rings (SSSR count). The number of furan rings is 1. The average molecular weight is 401 g/mol. The predicted molar refractivity (Wildman–Crippen MR) is 109 cm³/mol. The topological polar surface area (TPSA) is 82.2 Å². The molecule has 0 aliphatic heterocycles. The zero-order valence-corrected chi connectivity index (χ0v) is 17.1. The van der Waals surface area contributed by atoms with Gasteiger partial charge in [0, 0.05) is 6.54 Å². The van der Waals surface area contributed by atoms with Crippen LogP contribution in [0.4, 0.5) is 0 Å². The fourth-order valence-electron chi connectivity index (χ4n) is 2.76. The lowest BCUT2D eigenvalue weighted by Crippen LogP contribution is -2.29. The third-order valence-electron chi connectivity index (χ3n) is 4.12. The normalized spacial score (nSPS) is 10.8. The van der Waals surface area contributed by atoms with Crippen LogP contribution in [0.2, 0.25) is 0 Å². The van der Waals surface area contributed by atoms with E-state index in [-0.39, 0.29) is 11.7 Å². The highest BCUT2D eigenvalue weighted by Gasteiger charge is 2.16. The van der Waals surface area contributed by atoms with Gasteiger partial charge < -0.3 is 14.5 Å². The molecular formula is C20H24N4O3S. The fraction of sp³-hybridized carbons (Fsp3) is 0.350. The van der Waals surface area contributed by atoms with Gasteiger partial charge in [-0.3, -0.25) is 9.36 Å². The van der Waals surface area contributed by atoms with Crippen LogP contribution in [0.5, 0.6) is 5.75 Å². The molecule has 0 saturated heterocycles. The van der Waals surface area contributed by atoms with Crippen LogP contribution in [-0.2, 0) is 11.3 Å². The van der Waals surface area contributed by atoms with E-state index in [1.165, 1.54) is 17.3 Å². The molecule has 2 aromatic heterocycles. The Morgan fingerprint density at radius 2 is 2.14 bits per heavy atom. The first kappa shape index (κ1) is 20.0. The number of ether oxygens (including phenoxy) is 1. The van der Waals surface area contributed by atoms with Crippen molar-refractivity contribution in [2.24, 2.45) is 0 Å². The van der Waals surface area contributed by atoms with Crippen molar-refractivity contribution in [2.45, 2.75) is 32.5 Å². The lowest BCUT2D eigenvalue weighted by atomic mass is 10.1. The Bertz CT molecular complexity index is 922. The number of hydrogen-bond acceptors (Lipinski definition) is 6. The van der Waals surface area contributed by atoms with E-state index in [0.717, 1.165) is 11.3 Å². The van der Waals surface area contributed by atoms with Gasteiger partial charge in [-0.15, -0.1) is 10.2 Å². The molecule has 0 fully saturated rings. The number of carbonyl (C=O) groups is 1. The van der Waals surface area contributed by atoms with Crippen LogP contribution >= 0.6 is 11.8 Å². The van der Waals surface area contributed by atoms with Gasteiger partial charge in [0.1, 0.15) is 12.4 Å². The summed E-state index contributed by atoms with van der Waals surface area (Å²) in [6, 6.07) is 9.69. The third kappa shape index (κ3) is 4.95. The van der Waals surface area contributed by atoms with Crippen LogP contribution < -0.4 is 10.1 Å². The first-order chi connectivity index (χ1) is 13.6. The molecule has 8 heteroatoms. The monoisotopic (exact) mass is 400 g/mol. The summed E-state index contributed by atoms with van der Waals surface area (Å²) < 4.78 is 13.1. The molecule has 0 atom stereocenters. The summed E-state index contributed by atoms with van der Waals surface area (Å²) in [6.45, 7) is 7.63. The molecule has 0 spiro atoms. The maximum Gasteiger partial charge on any atom is 0.230 e. The molecule has 1 N–H and O–H groups in total. The molecule has 0 bridgehead atoms. The third-order valence-corrected chi connectivity index (χ3v) is 5.09. The molecule has 0 saturated carbocycles. The number of nitrogens with zero attached hydrogens (tertiary/aromatic N) is 3. The Morgan fingerprint density at radius 1 is 1.29 bits per heavy atom. The van der Waals surface area contributed by atoms with Gasteiger partial charge >= 0.3 is 0 Å². The predicted octanol–water partition coefficient (Wildman–Crippen LogP) is 3.46. The van der Waals surface area contributed by atoms with Gasteiger partial charge in [-0.1, -0.05) is 29.5 Å². The molecule has 148 valence electrons. The van der Waals surface area contributed by atoms with Crippen molar-refractivity contribution in [3.05, 3.63) is 47.7 Å². The standard InChI is InChI=1S/C20H24N4O3S/c1-4-24-19(17-6-5-10-26-17)22-23-20(24)28-13-18(25)21-9-11-27-16-8-7-14(2)12-15(16)3/h5-8,10,12H,4,9,11,13H2,1-3H3,(H,21,25). The first-order valence-electron chi connectivity index (χ1n) is 9.15. The number of nitrogens with one attached hydrogen (secondary N) is 1. The Morgan fingerprint density at radius 3 is 2.86 bits per heavy atom. The zero-order valence-electron chi connectivity index (χ0n) is 16.3. The molecule has 28 heavy (non-hydrogen) atoms. The second-order valence-corrected chi connectivity index (χ2v) is 7.23. The van der Waals surface area contributed by atoms with Crippen molar-refractivity contribution < 1.29 is 13.9 Å². The average Bonchev–Trinajstić information content (AvgIpc) is 3.33. The van der Waals surface area contributed by atoms with Crippen LogP contribution in [-0.4, -0.2) is 39.6 Å². The number of carbonyl (C=O) groups excluding carboxylic acids is 1. The minimum Gasteiger partial charge on any atom is -0.491 e. The van der Waals surface area contributed by atoms with E-state index in [2.05, 4.69) is 21.6 Å². The van der Waals surface area contributed by atoms with E-state index in [1.54, 1.807) is 6.26 Å². The maximum atomic E-state index is 12.1. The molecule has 1 aromatic carbocycles. The Hall–Kier alpha value is -2.74. The van der Waals surface area contributed by atoms with Gasteiger partial charge in [0.2, 0.25) is 5.91 Å². The number of amides is 1. The summed E-state index contributed by atoms with van der Waals surface area (Å²) in [7, 11) is 0. The zero-order chi connectivity index (χ0) is 19.9. The summed E-state index contributed by atoms with van der Waals surface area (Å²) >= 11 is 1.35. The highest BCUT2D eigenvalue weighted by Crippen LogP contribution is 2.24. The van der Waals surface area contributed by atoms with Crippen molar-refractivity contribution >= 4 is 17.7 Å². The van der Waals surface area contributed by atoms with Gasteiger partial charge in [0.05, 0.1) is 18.6 Å². The van der Waals surface area contributed by atoms with Crippen LogP contribution in [0, 0.1) is 13.8 Å². The molecule has 7 nitrogen and oxygen atoms in total. The highest BCUT2D eigenvalue weighted by atomic mass is 32.2. The van der Waals surface area contributed by atoms with Crippen molar-refractivity contribution in [1.82, 2.24) is 20.1 Å². The van der Waals surface area contributed by atoms with Gasteiger partial charge in [-0.2, -0.15) is 0 Å². The van der Waals surface area contributed by atoms with Gasteiger partial charge in [-0.05, 0) is 44.5 Å². The number of hydrogen-bond donors (Lipinski definition) is 1. The summed E-state index contributed by atoms with van der Waals surface area (Å²) in [5, 5.41) is 11.9. The van der Waals surface area contributed by atoms with Crippen LogP contribution in [0.15, 0.2) is 46.2 Å². The molecule has 0 aliphatic rings. The highest BCUT2D eigenvalue weighted by molar-refractivity contribution is 7.99. The lowest BCUT2D eigenvalue weighted by Gasteiger charge is -2.10. The second kappa shape index (κ2) is 9.45. The second-order valence-electron chi connectivity index (χ2n) is 6.28. The van der Waals surface area contributed by atoms with E-state index in [0.29, 0.717) is 36.4 Å². The minimum atomic E-state index is -0.0700.